The quantitative estimate of drug-likeness (QED) is 0.318. The Morgan fingerprint density at radius 2 is 1.48 bits per heavy atom. The minimum absolute atomic E-state index is 0.00995. The highest BCUT2D eigenvalue weighted by molar-refractivity contribution is 5.93. The summed E-state index contributed by atoms with van der Waals surface area (Å²) in [6.07, 6.45) is 5.92. The molecule has 0 amide bonds. The average molecular weight is 294 g/mol. The molecule has 0 spiro atoms. The molecule has 0 saturated heterocycles. The summed E-state index contributed by atoms with van der Waals surface area (Å²) >= 11 is 0. The van der Waals surface area contributed by atoms with E-state index in [4.69, 9.17) is 5.11 Å². The molecule has 0 heterocycles. The van der Waals surface area contributed by atoms with Gasteiger partial charge in [0.25, 0.3) is 0 Å². The summed E-state index contributed by atoms with van der Waals surface area (Å²) in [5, 5.41) is 8.22. The van der Waals surface area contributed by atoms with E-state index < -0.39 is 17.9 Å². The van der Waals surface area contributed by atoms with Crippen LogP contribution in [0.5, 0.6) is 0 Å². The molecule has 0 aromatic rings. The first kappa shape index (κ1) is 20.4. The summed E-state index contributed by atoms with van der Waals surface area (Å²) in [6, 6.07) is 0. The maximum atomic E-state index is 10.9. The van der Waals surface area contributed by atoms with Crippen LogP contribution in [0, 0.1) is 0 Å². The maximum absolute atomic E-state index is 10.9. The van der Waals surface area contributed by atoms with Crippen LogP contribution in [0.2, 0.25) is 0 Å². The van der Waals surface area contributed by atoms with Crippen molar-refractivity contribution in [3.05, 3.63) is 62.3 Å². The van der Waals surface area contributed by atoms with E-state index in [1.165, 1.54) is 12.2 Å². The topological polar surface area (TPSA) is 89.9 Å². The average Bonchev–Trinajstić information content (AvgIpc) is 2.48. The van der Waals surface area contributed by atoms with Crippen molar-refractivity contribution in [2.75, 3.05) is 13.2 Å². The SMILES string of the molecule is C=CCOC(=O)C(=C)C=CC(=O)O.C=CCOC(=O)C=C. The largest absolute Gasteiger partial charge is 0.478 e. The minimum Gasteiger partial charge on any atom is -0.478 e. The van der Waals surface area contributed by atoms with E-state index in [9.17, 15) is 14.4 Å². The fraction of sp³-hybridized carbons (Fsp3) is 0.133. The number of carboxylic acids is 1. The standard InChI is InChI=1S/C9H10O4.C6H8O2/c1-3-6-13-9(12)7(2)4-5-8(10)11;1-3-5-8-6(7)4-2/h3-5H,1-2,6H2,(H,10,11);3-4H,1-2,5H2. The van der Waals surface area contributed by atoms with Crippen molar-refractivity contribution in [3.8, 4) is 0 Å². The molecule has 0 aliphatic carbocycles. The zero-order valence-electron chi connectivity index (χ0n) is 11.6. The van der Waals surface area contributed by atoms with Crippen molar-refractivity contribution in [1.82, 2.24) is 0 Å². The Labute approximate surface area is 123 Å². The predicted octanol–water partition coefficient (Wildman–Crippen LogP) is 1.81. The van der Waals surface area contributed by atoms with Crippen molar-refractivity contribution >= 4 is 17.9 Å². The molecule has 0 aliphatic rings. The normalized spacial score (nSPS) is 8.76. The minimum atomic E-state index is -1.14. The third-order valence-electron chi connectivity index (χ3n) is 1.53. The zero-order chi connectivity index (χ0) is 16.7. The number of carboxylic acid groups (broad SMARTS) is 1. The molecular formula is C15H18O6. The van der Waals surface area contributed by atoms with Gasteiger partial charge in [-0.2, -0.15) is 0 Å². The molecule has 0 aromatic heterocycles. The summed E-state index contributed by atoms with van der Waals surface area (Å²) in [7, 11) is 0. The lowest BCUT2D eigenvalue weighted by molar-refractivity contribution is -0.137. The van der Waals surface area contributed by atoms with E-state index in [2.05, 4.69) is 35.8 Å². The molecule has 0 bridgehead atoms. The predicted molar refractivity (Wildman–Crippen MR) is 78.4 cm³/mol. The Balaban J connectivity index is 0. The zero-order valence-corrected chi connectivity index (χ0v) is 11.6. The number of hydrogen-bond donors (Lipinski definition) is 1. The van der Waals surface area contributed by atoms with Gasteiger partial charge >= 0.3 is 17.9 Å². The third-order valence-corrected chi connectivity index (χ3v) is 1.53. The highest BCUT2D eigenvalue weighted by atomic mass is 16.5. The highest BCUT2D eigenvalue weighted by Crippen LogP contribution is 1.96. The second-order valence-corrected chi connectivity index (χ2v) is 3.21. The molecule has 6 heteroatoms. The fourth-order valence-corrected chi connectivity index (χ4v) is 0.667. The van der Waals surface area contributed by atoms with Crippen LogP contribution < -0.4 is 0 Å². The van der Waals surface area contributed by atoms with Crippen LogP contribution in [0.25, 0.3) is 0 Å². The number of hydrogen-bond acceptors (Lipinski definition) is 5. The van der Waals surface area contributed by atoms with Gasteiger partial charge in [0.2, 0.25) is 0 Å². The third kappa shape index (κ3) is 15.1. The summed E-state index contributed by atoms with van der Waals surface area (Å²) in [6.45, 7) is 13.6. The monoisotopic (exact) mass is 294 g/mol. The molecule has 0 rings (SSSR count). The van der Waals surface area contributed by atoms with Gasteiger partial charge in [0.05, 0.1) is 5.57 Å². The molecular weight excluding hydrogens is 276 g/mol. The van der Waals surface area contributed by atoms with Crippen LogP contribution in [0.4, 0.5) is 0 Å². The summed E-state index contributed by atoms with van der Waals surface area (Å²) in [4.78, 5) is 31.1. The van der Waals surface area contributed by atoms with Gasteiger partial charge in [-0.1, -0.05) is 38.5 Å². The van der Waals surface area contributed by atoms with Crippen LogP contribution >= 0.6 is 0 Å². The van der Waals surface area contributed by atoms with E-state index in [-0.39, 0.29) is 18.8 Å². The Morgan fingerprint density at radius 3 is 1.90 bits per heavy atom. The number of aliphatic carboxylic acids is 1. The first-order valence-corrected chi connectivity index (χ1v) is 5.67. The molecule has 114 valence electrons. The van der Waals surface area contributed by atoms with Gasteiger partial charge in [-0.3, -0.25) is 0 Å². The lowest BCUT2D eigenvalue weighted by atomic mass is 10.3. The van der Waals surface area contributed by atoms with Crippen LogP contribution in [0.3, 0.4) is 0 Å². The Morgan fingerprint density at radius 1 is 0.952 bits per heavy atom. The van der Waals surface area contributed by atoms with Gasteiger partial charge in [0, 0.05) is 12.2 Å². The summed E-state index contributed by atoms with van der Waals surface area (Å²) < 4.78 is 9.05. The molecule has 0 fully saturated rings. The van der Waals surface area contributed by atoms with E-state index >= 15 is 0 Å². The van der Waals surface area contributed by atoms with Gasteiger partial charge in [0.15, 0.2) is 0 Å². The van der Waals surface area contributed by atoms with Gasteiger partial charge in [-0.15, -0.1) is 0 Å². The van der Waals surface area contributed by atoms with Crippen LogP contribution in [0.15, 0.2) is 62.3 Å². The van der Waals surface area contributed by atoms with Crippen molar-refractivity contribution in [2.24, 2.45) is 0 Å². The fourth-order valence-electron chi connectivity index (χ4n) is 0.667. The second kappa shape index (κ2) is 13.5. The van der Waals surface area contributed by atoms with Crippen LogP contribution in [0.1, 0.15) is 0 Å². The Hall–Kier alpha value is -2.89. The van der Waals surface area contributed by atoms with Crippen molar-refractivity contribution in [3.63, 3.8) is 0 Å². The number of carbonyl (C=O) groups is 3. The molecule has 0 atom stereocenters. The molecule has 0 saturated carbocycles. The van der Waals surface area contributed by atoms with E-state index in [1.54, 1.807) is 0 Å². The first-order valence-electron chi connectivity index (χ1n) is 5.67. The molecule has 1 N–H and O–H groups in total. The Bertz CT molecular complexity index is 445. The summed E-state index contributed by atoms with van der Waals surface area (Å²) in [5.74, 6) is -2.21. The van der Waals surface area contributed by atoms with Gasteiger partial charge in [0.1, 0.15) is 13.2 Å². The van der Waals surface area contributed by atoms with Gasteiger partial charge < -0.3 is 14.6 Å². The lowest BCUT2D eigenvalue weighted by Gasteiger charge is -1.99. The van der Waals surface area contributed by atoms with Crippen molar-refractivity contribution in [2.45, 2.75) is 0 Å². The van der Waals surface area contributed by atoms with E-state index in [0.29, 0.717) is 0 Å². The summed E-state index contributed by atoms with van der Waals surface area (Å²) in [5.41, 5.74) is -0.00995. The molecule has 0 unspecified atom stereocenters. The number of esters is 2. The highest BCUT2D eigenvalue weighted by Gasteiger charge is 2.03. The molecule has 0 aromatic carbocycles. The Kier molecular flexibility index (Phi) is 13.2. The molecule has 6 nitrogen and oxygen atoms in total. The number of rotatable bonds is 8. The second-order valence-electron chi connectivity index (χ2n) is 3.21. The van der Waals surface area contributed by atoms with Crippen molar-refractivity contribution < 1.29 is 29.0 Å². The smallest absolute Gasteiger partial charge is 0.337 e. The lowest BCUT2D eigenvalue weighted by Crippen LogP contribution is -2.05. The maximum Gasteiger partial charge on any atom is 0.337 e. The molecule has 21 heavy (non-hydrogen) atoms. The number of carbonyl (C=O) groups excluding carboxylic acids is 2. The first-order chi connectivity index (χ1) is 9.88. The molecule has 0 radical (unpaired) electrons. The molecule has 0 aliphatic heterocycles. The van der Waals surface area contributed by atoms with Crippen LogP contribution in [-0.2, 0) is 23.9 Å². The van der Waals surface area contributed by atoms with E-state index in [0.717, 1.165) is 18.2 Å². The van der Waals surface area contributed by atoms with E-state index in [1.807, 2.05) is 0 Å². The van der Waals surface area contributed by atoms with Gasteiger partial charge in [-0.05, 0) is 6.08 Å². The van der Waals surface area contributed by atoms with Gasteiger partial charge in [-0.25, -0.2) is 14.4 Å². The van der Waals surface area contributed by atoms with Crippen molar-refractivity contribution in [1.29, 1.82) is 0 Å². The van der Waals surface area contributed by atoms with Crippen LogP contribution in [-0.4, -0.2) is 36.2 Å². The number of ether oxygens (including phenoxy) is 2.